The van der Waals surface area contributed by atoms with Gasteiger partial charge in [-0.1, -0.05) is 24.3 Å². The number of nitrogens with zero attached hydrogens (tertiary/aromatic N) is 5. The Morgan fingerprint density at radius 1 is 0.727 bits per heavy atom. The average molecular weight is 287 g/mol. The lowest BCUT2D eigenvalue weighted by Crippen LogP contribution is -2.00. The number of fused-ring (bicyclic) bond motifs is 3. The molecule has 22 heavy (non-hydrogen) atoms. The molecule has 3 heterocycles. The van der Waals surface area contributed by atoms with Crippen LogP contribution in [-0.2, 0) is 0 Å². The molecule has 5 heteroatoms. The van der Waals surface area contributed by atoms with Crippen LogP contribution >= 0.6 is 0 Å². The first kappa shape index (κ1) is 12.8. The van der Waals surface area contributed by atoms with Crippen LogP contribution in [-0.4, -0.2) is 25.1 Å². The van der Waals surface area contributed by atoms with Crippen molar-refractivity contribution in [3.63, 3.8) is 0 Å². The van der Waals surface area contributed by atoms with Crippen LogP contribution in [0.3, 0.4) is 0 Å². The van der Waals surface area contributed by atoms with Gasteiger partial charge >= 0.3 is 0 Å². The standard InChI is InChI=1S/C17H13N5/c1-10-11(2)21-22-17(19-10)14-8-7-13-6-5-12-4-3-9-18-15(12)16(13)20-14/h3-9H,1-2H3. The normalized spacial score (nSPS) is 11.2. The van der Waals surface area contributed by atoms with Gasteiger partial charge in [0.2, 0.25) is 5.82 Å². The molecule has 0 aliphatic carbocycles. The molecular formula is C17H13N5. The van der Waals surface area contributed by atoms with Crippen LogP contribution < -0.4 is 0 Å². The summed E-state index contributed by atoms with van der Waals surface area (Å²) < 4.78 is 0. The Morgan fingerprint density at radius 2 is 1.50 bits per heavy atom. The molecule has 0 atom stereocenters. The highest BCUT2D eigenvalue weighted by molar-refractivity contribution is 6.03. The number of benzene rings is 1. The first-order chi connectivity index (χ1) is 10.7. The highest BCUT2D eigenvalue weighted by Gasteiger charge is 2.09. The number of aryl methyl sites for hydroxylation is 2. The minimum atomic E-state index is 0.540. The topological polar surface area (TPSA) is 64.5 Å². The summed E-state index contributed by atoms with van der Waals surface area (Å²) in [5.41, 5.74) is 4.15. The monoisotopic (exact) mass is 287 g/mol. The summed E-state index contributed by atoms with van der Waals surface area (Å²) in [5, 5.41) is 10.4. The molecule has 0 aliphatic rings. The van der Waals surface area contributed by atoms with Gasteiger partial charge in [-0.05, 0) is 26.0 Å². The van der Waals surface area contributed by atoms with Gasteiger partial charge in [0.25, 0.3) is 0 Å². The van der Waals surface area contributed by atoms with Crippen LogP contribution in [0.4, 0.5) is 0 Å². The van der Waals surface area contributed by atoms with Crippen LogP contribution in [0.25, 0.3) is 33.3 Å². The number of hydrogen-bond acceptors (Lipinski definition) is 5. The lowest BCUT2D eigenvalue weighted by Gasteiger charge is -2.05. The van der Waals surface area contributed by atoms with Gasteiger partial charge in [0.1, 0.15) is 5.69 Å². The average Bonchev–Trinajstić information content (AvgIpc) is 2.57. The van der Waals surface area contributed by atoms with Crippen molar-refractivity contribution in [3.8, 4) is 11.5 Å². The summed E-state index contributed by atoms with van der Waals surface area (Å²) in [6, 6.07) is 12.0. The zero-order valence-corrected chi connectivity index (χ0v) is 12.3. The molecule has 0 saturated carbocycles. The molecule has 4 rings (SSSR count). The van der Waals surface area contributed by atoms with Gasteiger partial charge in [0, 0.05) is 17.0 Å². The zero-order valence-electron chi connectivity index (χ0n) is 12.3. The first-order valence-corrected chi connectivity index (χ1v) is 7.05. The molecule has 0 bridgehead atoms. The van der Waals surface area contributed by atoms with Crippen LogP contribution in [0.5, 0.6) is 0 Å². The maximum absolute atomic E-state index is 4.72. The number of hydrogen-bond donors (Lipinski definition) is 0. The molecule has 1 aromatic carbocycles. The van der Waals surface area contributed by atoms with E-state index in [0.29, 0.717) is 11.5 Å². The summed E-state index contributed by atoms with van der Waals surface area (Å²) in [7, 11) is 0. The summed E-state index contributed by atoms with van der Waals surface area (Å²) in [6.07, 6.45) is 1.78. The van der Waals surface area contributed by atoms with E-state index in [-0.39, 0.29) is 0 Å². The fraction of sp³-hybridized carbons (Fsp3) is 0.118. The third-order valence-corrected chi connectivity index (χ3v) is 3.75. The molecule has 3 aromatic heterocycles. The quantitative estimate of drug-likeness (QED) is 0.503. The summed E-state index contributed by atoms with van der Waals surface area (Å²) in [5.74, 6) is 0.540. The number of aromatic nitrogens is 5. The number of rotatable bonds is 1. The molecule has 0 spiro atoms. The second-order valence-corrected chi connectivity index (χ2v) is 5.22. The van der Waals surface area contributed by atoms with Crippen LogP contribution in [0.2, 0.25) is 0 Å². The summed E-state index contributed by atoms with van der Waals surface area (Å²) >= 11 is 0. The van der Waals surface area contributed by atoms with E-state index >= 15 is 0 Å². The Bertz CT molecular complexity index is 1010. The van der Waals surface area contributed by atoms with Gasteiger partial charge in [0.05, 0.1) is 22.4 Å². The Kier molecular flexibility index (Phi) is 2.79. The SMILES string of the molecule is Cc1nnc(-c2ccc3ccc4cccnc4c3n2)nc1C. The maximum Gasteiger partial charge on any atom is 0.200 e. The molecule has 0 N–H and O–H groups in total. The van der Waals surface area contributed by atoms with E-state index in [1.165, 1.54) is 0 Å². The van der Waals surface area contributed by atoms with Crippen molar-refractivity contribution >= 4 is 21.8 Å². The zero-order chi connectivity index (χ0) is 15.1. The van der Waals surface area contributed by atoms with Crippen molar-refractivity contribution in [2.24, 2.45) is 0 Å². The Labute approximate surface area is 127 Å². The van der Waals surface area contributed by atoms with Gasteiger partial charge in [-0.2, -0.15) is 5.10 Å². The molecule has 0 saturated heterocycles. The lowest BCUT2D eigenvalue weighted by molar-refractivity contribution is 0.900. The number of pyridine rings is 2. The van der Waals surface area contributed by atoms with Crippen molar-refractivity contribution < 1.29 is 0 Å². The fourth-order valence-corrected chi connectivity index (χ4v) is 2.41. The Balaban J connectivity index is 1.99. The van der Waals surface area contributed by atoms with Gasteiger partial charge in [-0.25, -0.2) is 9.97 Å². The van der Waals surface area contributed by atoms with Gasteiger partial charge in [0.15, 0.2) is 0 Å². The molecular weight excluding hydrogens is 274 g/mol. The highest BCUT2D eigenvalue weighted by Crippen LogP contribution is 2.24. The predicted octanol–water partition coefficient (Wildman–Crippen LogP) is 3.25. The van der Waals surface area contributed by atoms with Gasteiger partial charge < -0.3 is 0 Å². The second kappa shape index (κ2) is 4.80. The van der Waals surface area contributed by atoms with E-state index in [1.54, 1.807) is 6.20 Å². The minimum Gasteiger partial charge on any atom is -0.254 e. The molecule has 5 nitrogen and oxygen atoms in total. The Hall–Kier alpha value is -2.95. The molecule has 0 amide bonds. The van der Waals surface area contributed by atoms with Crippen molar-refractivity contribution in [3.05, 3.63) is 54.0 Å². The second-order valence-electron chi connectivity index (χ2n) is 5.22. The van der Waals surface area contributed by atoms with Crippen molar-refractivity contribution in [1.29, 1.82) is 0 Å². The third-order valence-electron chi connectivity index (χ3n) is 3.75. The lowest BCUT2D eigenvalue weighted by atomic mass is 10.1. The largest absolute Gasteiger partial charge is 0.254 e. The minimum absolute atomic E-state index is 0.540. The van der Waals surface area contributed by atoms with Gasteiger partial charge in [-0.3, -0.25) is 4.98 Å². The summed E-state index contributed by atoms with van der Waals surface area (Å²) in [6.45, 7) is 3.82. The van der Waals surface area contributed by atoms with E-state index in [2.05, 4.69) is 32.3 Å². The van der Waals surface area contributed by atoms with Crippen molar-refractivity contribution in [2.75, 3.05) is 0 Å². The van der Waals surface area contributed by atoms with Crippen LogP contribution in [0, 0.1) is 13.8 Å². The van der Waals surface area contributed by atoms with Crippen molar-refractivity contribution in [2.45, 2.75) is 13.8 Å². The molecule has 106 valence electrons. The molecule has 0 aliphatic heterocycles. The van der Waals surface area contributed by atoms with Crippen molar-refractivity contribution in [1.82, 2.24) is 25.1 Å². The predicted molar refractivity (Wildman–Crippen MR) is 85.3 cm³/mol. The van der Waals surface area contributed by atoms with E-state index in [4.69, 9.17) is 4.98 Å². The molecule has 0 fully saturated rings. The molecule has 0 unspecified atom stereocenters. The molecule has 4 aromatic rings. The van der Waals surface area contributed by atoms with E-state index in [0.717, 1.165) is 33.2 Å². The first-order valence-electron chi connectivity index (χ1n) is 7.05. The van der Waals surface area contributed by atoms with E-state index in [9.17, 15) is 0 Å². The van der Waals surface area contributed by atoms with E-state index in [1.807, 2.05) is 38.1 Å². The Morgan fingerprint density at radius 3 is 2.32 bits per heavy atom. The highest BCUT2D eigenvalue weighted by atomic mass is 15.2. The van der Waals surface area contributed by atoms with Crippen LogP contribution in [0.1, 0.15) is 11.4 Å². The van der Waals surface area contributed by atoms with Gasteiger partial charge in [-0.15, -0.1) is 5.10 Å². The smallest absolute Gasteiger partial charge is 0.200 e. The van der Waals surface area contributed by atoms with Crippen LogP contribution in [0.15, 0.2) is 42.6 Å². The summed E-state index contributed by atoms with van der Waals surface area (Å²) in [4.78, 5) is 13.6. The third kappa shape index (κ3) is 1.98. The molecule has 0 radical (unpaired) electrons. The van der Waals surface area contributed by atoms with E-state index < -0.39 is 0 Å². The fourth-order valence-electron chi connectivity index (χ4n) is 2.41. The maximum atomic E-state index is 4.72.